The van der Waals surface area contributed by atoms with E-state index in [1.165, 1.54) is 6.07 Å². The first kappa shape index (κ1) is 14.4. The molecule has 0 spiro atoms. The number of hydrogen-bond donors (Lipinski definition) is 1. The number of hydrogen-bond acceptors (Lipinski definition) is 2. The van der Waals surface area contributed by atoms with Gasteiger partial charge in [-0.25, -0.2) is 4.39 Å². The van der Waals surface area contributed by atoms with Crippen molar-refractivity contribution in [2.24, 2.45) is 0 Å². The van der Waals surface area contributed by atoms with Gasteiger partial charge in [0.1, 0.15) is 5.82 Å². The molecule has 4 heteroatoms. The molecule has 0 amide bonds. The van der Waals surface area contributed by atoms with E-state index in [1.54, 1.807) is 12.1 Å². The molecule has 0 saturated carbocycles. The van der Waals surface area contributed by atoms with Crippen LogP contribution in [0.3, 0.4) is 0 Å². The summed E-state index contributed by atoms with van der Waals surface area (Å²) in [6, 6.07) is 5.12. The van der Waals surface area contributed by atoms with Crippen molar-refractivity contribution in [2.75, 3.05) is 27.2 Å². The van der Waals surface area contributed by atoms with Crippen LogP contribution in [0.4, 0.5) is 4.39 Å². The third-order valence-electron chi connectivity index (χ3n) is 2.56. The highest BCUT2D eigenvalue weighted by atomic mass is 35.5. The summed E-state index contributed by atoms with van der Waals surface area (Å²) in [4.78, 5) is 2.10. The molecule has 0 heterocycles. The summed E-state index contributed by atoms with van der Waals surface area (Å²) in [6.07, 6.45) is 0.676. The molecule has 0 aromatic heterocycles. The van der Waals surface area contributed by atoms with Crippen molar-refractivity contribution in [3.8, 4) is 0 Å². The Morgan fingerprint density at radius 2 is 2.12 bits per heavy atom. The summed E-state index contributed by atoms with van der Waals surface area (Å²) in [6.45, 7) is 3.82. The predicted molar refractivity (Wildman–Crippen MR) is 71.1 cm³/mol. The van der Waals surface area contributed by atoms with Gasteiger partial charge in [-0.1, -0.05) is 24.6 Å². The highest BCUT2D eigenvalue weighted by molar-refractivity contribution is 6.30. The van der Waals surface area contributed by atoms with Gasteiger partial charge in [0.15, 0.2) is 0 Å². The molecular weight excluding hydrogens is 239 g/mol. The molecule has 1 aromatic carbocycles. The van der Waals surface area contributed by atoms with Crippen molar-refractivity contribution < 1.29 is 4.39 Å². The minimum Gasteiger partial charge on any atom is -0.313 e. The molecule has 0 aliphatic rings. The lowest BCUT2D eigenvalue weighted by Gasteiger charge is -2.22. The Bertz CT molecular complexity index is 355. The minimum absolute atomic E-state index is 0.223. The number of benzene rings is 1. The zero-order valence-corrected chi connectivity index (χ0v) is 11.4. The maximum Gasteiger partial charge on any atom is 0.127 e. The average molecular weight is 259 g/mol. The van der Waals surface area contributed by atoms with Crippen molar-refractivity contribution in [1.82, 2.24) is 10.2 Å². The van der Waals surface area contributed by atoms with E-state index in [0.29, 0.717) is 17.0 Å². The first-order valence-corrected chi connectivity index (χ1v) is 6.22. The molecule has 96 valence electrons. The lowest BCUT2D eigenvalue weighted by molar-refractivity contribution is 0.337. The molecule has 0 radical (unpaired) electrons. The minimum atomic E-state index is -0.223. The Labute approximate surface area is 108 Å². The van der Waals surface area contributed by atoms with Gasteiger partial charge in [-0.3, -0.25) is 0 Å². The van der Waals surface area contributed by atoms with Gasteiger partial charge in [0.2, 0.25) is 0 Å². The van der Waals surface area contributed by atoms with Gasteiger partial charge in [0.05, 0.1) is 0 Å². The molecule has 0 bridgehead atoms. The van der Waals surface area contributed by atoms with Gasteiger partial charge in [-0.15, -0.1) is 0 Å². The molecule has 1 N–H and O–H groups in total. The SMILES string of the molecule is CCNC(Cc1ccc(Cl)cc1F)CN(C)C. The topological polar surface area (TPSA) is 15.3 Å². The molecule has 1 aromatic rings. The summed E-state index contributed by atoms with van der Waals surface area (Å²) >= 11 is 5.74. The first-order valence-electron chi connectivity index (χ1n) is 5.85. The number of nitrogens with one attached hydrogen (secondary N) is 1. The van der Waals surface area contributed by atoms with E-state index in [0.717, 1.165) is 13.1 Å². The monoisotopic (exact) mass is 258 g/mol. The van der Waals surface area contributed by atoms with Crippen LogP contribution < -0.4 is 5.32 Å². The molecule has 2 nitrogen and oxygen atoms in total. The summed E-state index contributed by atoms with van der Waals surface area (Å²) in [5.41, 5.74) is 0.710. The largest absolute Gasteiger partial charge is 0.313 e. The first-order chi connectivity index (χ1) is 8.02. The van der Waals surface area contributed by atoms with E-state index < -0.39 is 0 Å². The third-order valence-corrected chi connectivity index (χ3v) is 2.79. The molecular formula is C13H20ClFN2. The standard InChI is InChI=1S/C13H20ClFN2/c1-4-16-12(9-17(2)3)7-10-5-6-11(14)8-13(10)15/h5-6,8,12,16H,4,7,9H2,1-3H3. The van der Waals surface area contributed by atoms with Crippen molar-refractivity contribution in [1.29, 1.82) is 0 Å². The van der Waals surface area contributed by atoms with Crippen molar-refractivity contribution in [2.45, 2.75) is 19.4 Å². The highest BCUT2D eigenvalue weighted by Gasteiger charge is 2.12. The summed E-state index contributed by atoms with van der Waals surface area (Å²) in [7, 11) is 4.03. The molecule has 0 saturated heterocycles. The Morgan fingerprint density at radius 1 is 1.41 bits per heavy atom. The lowest BCUT2D eigenvalue weighted by atomic mass is 10.0. The van der Waals surface area contributed by atoms with E-state index in [-0.39, 0.29) is 11.9 Å². The Hall–Kier alpha value is -0.640. The lowest BCUT2D eigenvalue weighted by Crippen LogP contribution is -2.39. The zero-order chi connectivity index (χ0) is 12.8. The molecule has 0 fully saturated rings. The molecule has 17 heavy (non-hydrogen) atoms. The van der Waals surface area contributed by atoms with Crippen LogP contribution in [0, 0.1) is 5.82 Å². The van der Waals surface area contributed by atoms with E-state index in [1.807, 2.05) is 14.1 Å². The van der Waals surface area contributed by atoms with Crippen molar-refractivity contribution in [3.63, 3.8) is 0 Å². The second kappa shape index (κ2) is 6.94. The number of rotatable bonds is 6. The molecule has 1 unspecified atom stereocenters. The van der Waals surface area contributed by atoms with Crippen LogP contribution in [-0.4, -0.2) is 38.1 Å². The smallest absolute Gasteiger partial charge is 0.127 e. The van der Waals surface area contributed by atoms with E-state index in [4.69, 9.17) is 11.6 Å². The van der Waals surface area contributed by atoms with Crippen LogP contribution in [0.2, 0.25) is 5.02 Å². The van der Waals surface area contributed by atoms with Crippen LogP contribution in [-0.2, 0) is 6.42 Å². The maximum atomic E-state index is 13.7. The Kier molecular flexibility index (Phi) is 5.89. The van der Waals surface area contributed by atoms with Crippen LogP contribution in [0.5, 0.6) is 0 Å². The molecule has 0 aliphatic carbocycles. The Morgan fingerprint density at radius 3 is 2.65 bits per heavy atom. The van der Waals surface area contributed by atoms with E-state index >= 15 is 0 Å². The van der Waals surface area contributed by atoms with Gasteiger partial charge >= 0.3 is 0 Å². The molecule has 0 aliphatic heterocycles. The van der Waals surface area contributed by atoms with Crippen LogP contribution in [0.1, 0.15) is 12.5 Å². The second-order valence-electron chi connectivity index (χ2n) is 4.46. The van der Waals surface area contributed by atoms with Gasteiger partial charge in [-0.2, -0.15) is 0 Å². The maximum absolute atomic E-state index is 13.7. The fourth-order valence-electron chi connectivity index (χ4n) is 1.88. The van der Waals surface area contributed by atoms with E-state index in [9.17, 15) is 4.39 Å². The quantitative estimate of drug-likeness (QED) is 0.844. The number of halogens is 2. The van der Waals surface area contributed by atoms with Crippen LogP contribution in [0.15, 0.2) is 18.2 Å². The van der Waals surface area contributed by atoms with Gasteiger partial charge < -0.3 is 10.2 Å². The van der Waals surface area contributed by atoms with Crippen molar-refractivity contribution in [3.05, 3.63) is 34.6 Å². The fraction of sp³-hybridized carbons (Fsp3) is 0.538. The molecule has 1 rings (SSSR count). The van der Waals surface area contributed by atoms with Gasteiger partial charge in [-0.05, 0) is 44.8 Å². The van der Waals surface area contributed by atoms with Crippen LogP contribution >= 0.6 is 11.6 Å². The summed E-state index contributed by atoms with van der Waals surface area (Å²) < 4.78 is 13.7. The predicted octanol–water partition coefficient (Wildman–Crippen LogP) is 2.56. The van der Waals surface area contributed by atoms with E-state index in [2.05, 4.69) is 17.1 Å². The molecule has 1 atom stereocenters. The van der Waals surface area contributed by atoms with Crippen LogP contribution in [0.25, 0.3) is 0 Å². The van der Waals surface area contributed by atoms with Gasteiger partial charge in [0, 0.05) is 17.6 Å². The van der Waals surface area contributed by atoms with Gasteiger partial charge in [0.25, 0.3) is 0 Å². The second-order valence-corrected chi connectivity index (χ2v) is 4.89. The fourth-order valence-corrected chi connectivity index (χ4v) is 2.04. The summed E-state index contributed by atoms with van der Waals surface area (Å²) in [5.74, 6) is -0.223. The zero-order valence-electron chi connectivity index (χ0n) is 10.6. The summed E-state index contributed by atoms with van der Waals surface area (Å²) in [5, 5.41) is 3.81. The normalized spacial score (nSPS) is 13.1. The number of nitrogens with zero attached hydrogens (tertiary/aromatic N) is 1. The average Bonchev–Trinajstić information content (AvgIpc) is 2.21. The Balaban J connectivity index is 2.71. The highest BCUT2D eigenvalue weighted by Crippen LogP contribution is 2.16. The third kappa shape index (κ3) is 5.02. The van der Waals surface area contributed by atoms with Crippen molar-refractivity contribution >= 4 is 11.6 Å². The number of likely N-dealkylation sites (N-methyl/N-ethyl adjacent to an activating group) is 2.